The monoisotopic (exact) mass is 406 g/mol. The van der Waals surface area contributed by atoms with Crippen LogP contribution in [0.2, 0.25) is 0 Å². The van der Waals surface area contributed by atoms with Crippen molar-refractivity contribution < 1.29 is 4.79 Å². The zero-order valence-electron chi connectivity index (χ0n) is 17.3. The second kappa shape index (κ2) is 9.62. The van der Waals surface area contributed by atoms with Crippen LogP contribution in [0.5, 0.6) is 0 Å². The van der Waals surface area contributed by atoms with Crippen molar-refractivity contribution in [1.29, 1.82) is 0 Å². The van der Waals surface area contributed by atoms with Crippen molar-refractivity contribution in [2.24, 2.45) is 4.99 Å². The zero-order valence-corrected chi connectivity index (χ0v) is 18.1. The molecule has 0 bridgehead atoms. The minimum Gasteiger partial charge on any atom is -0.321 e. The minimum atomic E-state index is 0.184. The first-order chi connectivity index (χ1) is 14.2. The van der Waals surface area contributed by atoms with Crippen LogP contribution in [0.25, 0.3) is 0 Å². The van der Waals surface area contributed by atoms with Crippen molar-refractivity contribution in [3.63, 3.8) is 0 Å². The molecule has 1 saturated carbocycles. The highest BCUT2D eigenvalue weighted by Crippen LogP contribution is 2.33. The van der Waals surface area contributed by atoms with Gasteiger partial charge < -0.3 is 4.90 Å². The zero-order chi connectivity index (χ0) is 20.1. The van der Waals surface area contributed by atoms with Gasteiger partial charge in [-0.25, -0.2) is 0 Å². The summed E-state index contributed by atoms with van der Waals surface area (Å²) in [4.78, 5) is 19.8. The summed E-state index contributed by atoms with van der Waals surface area (Å²) < 4.78 is 0. The van der Waals surface area contributed by atoms with E-state index in [1.54, 1.807) is 11.8 Å². The second-order valence-electron chi connectivity index (χ2n) is 8.12. The largest absolute Gasteiger partial charge is 0.321 e. The van der Waals surface area contributed by atoms with Crippen molar-refractivity contribution in [3.8, 4) is 0 Å². The van der Waals surface area contributed by atoms with Gasteiger partial charge in [0.05, 0.1) is 5.75 Å². The number of anilines is 1. The van der Waals surface area contributed by atoms with Gasteiger partial charge in [0.15, 0.2) is 11.0 Å². The van der Waals surface area contributed by atoms with Crippen LogP contribution in [-0.4, -0.2) is 29.8 Å². The van der Waals surface area contributed by atoms with Gasteiger partial charge in [0.2, 0.25) is 0 Å². The summed E-state index contributed by atoms with van der Waals surface area (Å²) in [7, 11) is 0. The summed E-state index contributed by atoms with van der Waals surface area (Å²) in [5.41, 5.74) is 4.65. The first-order valence-electron chi connectivity index (χ1n) is 10.9. The predicted molar refractivity (Wildman–Crippen MR) is 125 cm³/mol. The number of ketones is 1. The molecule has 1 fully saturated rings. The van der Waals surface area contributed by atoms with Crippen LogP contribution in [0.4, 0.5) is 5.69 Å². The maximum absolute atomic E-state index is 12.8. The smallest absolute Gasteiger partial charge is 0.173 e. The maximum Gasteiger partial charge on any atom is 0.173 e. The average molecular weight is 407 g/mol. The molecule has 0 radical (unpaired) electrons. The Balaban J connectivity index is 1.39. The third-order valence-corrected chi connectivity index (χ3v) is 7.08. The van der Waals surface area contributed by atoms with E-state index >= 15 is 0 Å². The van der Waals surface area contributed by atoms with Crippen molar-refractivity contribution in [2.75, 3.05) is 23.7 Å². The van der Waals surface area contributed by atoms with Crippen LogP contribution in [0.3, 0.4) is 0 Å². The van der Waals surface area contributed by atoms with E-state index in [9.17, 15) is 4.79 Å². The summed E-state index contributed by atoms with van der Waals surface area (Å²) in [6, 6.07) is 16.8. The molecule has 0 N–H and O–H groups in total. The Labute approximate surface area is 178 Å². The van der Waals surface area contributed by atoms with E-state index in [4.69, 9.17) is 4.99 Å². The fourth-order valence-electron chi connectivity index (χ4n) is 4.39. The lowest BCUT2D eigenvalue weighted by Crippen LogP contribution is -2.34. The van der Waals surface area contributed by atoms with Crippen LogP contribution in [0, 0.1) is 6.92 Å². The van der Waals surface area contributed by atoms with Gasteiger partial charge in [0, 0.05) is 24.3 Å². The lowest BCUT2D eigenvalue weighted by molar-refractivity contribution is 0.102. The Morgan fingerprint density at radius 1 is 1.03 bits per heavy atom. The molecule has 0 spiro atoms. The van der Waals surface area contributed by atoms with E-state index < -0.39 is 0 Å². The first-order valence-corrected chi connectivity index (χ1v) is 11.8. The lowest BCUT2D eigenvalue weighted by atomic mass is 9.84. The Hall–Kier alpha value is -2.07. The molecule has 0 aromatic heterocycles. The Bertz CT molecular complexity index is 869. The maximum atomic E-state index is 12.8. The van der Waals surface area contributed by atoms with Gasteiger partial charge in [-0.15, -0.1) is 0 Å². The average Bonchev–Trinajstić information content (AvgIpc) is 2.79. The highest BCUT2D eigenvalue weighted by Gasteiger charge is 2.21. The molecule has 2 aliphatic rings. The van der Waals surface area contributed by atoms with E-state index in [0.717, 1.165) is 30.2 Å². The van der Waals surface area contributed by atoms with Gasteiger partial charge >= 0.3 is 0 Å². The molecule has 0 atom stereocenters. The molecule has 2 aromatic rings. The van der Waals surface area contributed by atoms with Gasteiger partial charge in [-0.3, -0.25) is 9.79 Å². The molecular formula is C25H30N2OS. The standard InChI is InChI=1S/C25H30N2OS/c1-19-8-5-6-11-23(19)27-17-7-16-26-25(27)29-18-24(28)22-14-12-21(13-15-22)20-9-3-2-4-10-20/h5-6,8,11-15,20H,2-4,7,9-10,16-18H2,1H3. The molecular weight excluding hydrogens is 376 g/mol. The normalized spacial score (nSPS) is 17.8. The van der Waals surface area contributed by atoms with Crippen molar-refractivity contribution >= 4 is 28.4 Å². The number of thioether (sulfide) groups is 1. The topological polar surface area (TPSA) is 32.7 Å². The highest BCUT2D eigenvalue weighted by atomic mass is 32.2. The fourth-order valence-corrected chi connectivity index (χ4v) is 5.34. The van der Waals surface area contributed by atoms with E-state index in [-0.39, 0.29) is 5.78 Å². The summed E-state index contributed by atoms with van der Waals surface area (Å²) in [5, 5.41) is 0.970. The van der Waals surface area contributed by atoms with E-state index in [2.05, 4.69) is 48.2 Å². The van der Waals surface area contributed by atoms with E-state index in [1.807, 2.05) is 12.1 Å². The number of para-hydroxylation sites is 1. The number of benzene rings is 2. The molecule has 0 saturated heterocycles. The van der Waals surface area contributed by atoms with Crippen LogP contribution in [0.1, 0.15) is 65.9 Å². The molecule has 0 amide bonds. The molecule has 4 heteroatoms. The predicted octanol–water partition coefficient (Wildman–Crippen LogP) is 6.22. The molecule has 3 nitrogen and oxygen atoms in total. The van der Waals surface area contributed by atoms with Crippen LogP contribution in [0.15, 0.2) is 53.5 Å². The third-order valence-electron chi connectivity index (χ3n) is 6.07. The Kier molecular flexibility index (Phi) is 6.70. The number of aryl methyl sites for hydroxylation is 1. The molecule has 1 aliphatic carbocycles. The number of hydrogen-bond donors (Lipinski definition) is 0. The molecule has 29 heavy (non-hydrogen) atoms. The third kappa shape index (κ3) is 4.92. The Morgan fingerprint density at radius 3 is 2.55 bits per heavy atom. The quantitative estimate of drug-likeness (QED) is 0.552. The molecule has 4 rings (SSSR count). The number of carbonyl (C=O) groups excluding carboxylic acids is 1. The molecule has 152 valence electrons. The number of amidine groups is 1. The van der Waals surface area contributed by atoms with Crippen LogP contribution >= 0.6 is 11.8 Å². The SMILES string of the molecule is Cc1ccccc1N1CCCN=C1SCC(=O)c1ccc(C2CCCCC2)cc1. The number of aliphatic imine (C=N–C) groups is 1. The number of carbonyl (C=O) groups is 1. The highest BCUT2D eigenvalue weighted by molar-refractivity contribution is 8.14. The Morgan fingerprint density at radius 2 is 1.79 bits per heavy atom. The van der Waals surface area contributed by atoms with E-state index in [1.165, 1.54) is 48.9 Å². The van der Waals surface area contributed by atoms with Gasteiger partial charge in [-0.1, -0.05) is 73.5 Å². The van der Waals surface area contributed by atoms with Crippen LogP contribution < -0.4 is 4.90 Å². The number of Topliss-reactive ketones (excluding diaryl/α,β-unsaturated/α-hetero) is 1. The van der Waals surface area contributed by atoms with Crippen molar-refractivity contribution in [2.45, 2.75) is 51.4 Å². The molecule has 2 aromatic carbocycles. The first kappa shape index (κ1) is 20.2. The molecule has 1 heterocycles. The second-order valence-corrected chi connectivity index (χ2v) is 9.07. The summed E-state index contributed by atoms with van der Waals surface area (Å²) >= 11 is 1.57. The lowest BCUT2D eigenvalue weighted by Gasteiger charge is -2.30. The number of hydrogen-bond acceptors (Lipinski definition) is 4. The minimum absolute atomic E-state index is 0.184. The van der Waals surface area contributed by atoms with Gasteiger partial charge in [-0.2, -0.15) is 0 Å². The summed E-state index contributed by atoms with van der Waals surface area (Å²) in [5.74, 6) is 1.30. The van der Waals surface area contributed by atoms with Gasteiger partial charge in [0.25, 0.3) is 0 Å². The molecule has 1 aliphatic heterocycles. The van der Waals surface area contributed by atoms with Crippen molar-refractivity contribution in [3.05, 3.63) is 65.2 Å². The summed E-state index contributed by atoms with van der Waals surface area (Å²) in [6.45, 7) is 3.93. The van der Waals surface area contributed by atoms with Crippen LogP contribution in [-0.2, 0) is 0 Å². The molecule has 0 unspecified atom stereocenters. The van der Waals surface area contributed by atoms with Gasteiger partial charge in [0.1, 0.15) is 0 Å². The van der Waals surface area contributed by atoms with Gasteiger partial charge in [-0.05, 0) is 49.3 Å². The number of rotatable bonds is 5. The number of nitrogens with zero attached hydrogens (tertiary/aromatic N) is 2. The summed E-state index contributed by atoms with van der Waals surface area (Å²) in [6.07, 6.45) is 7.67. The fraction of sp³-hybridized carbons (Fsp3) is 0.440. The van der Waals surface area contributed by atoms with E-state index in [0.29, 0.717) is 11.7 Å². The van der Waals surface area contributed by atoms with Crippen molar-refractivity contribution in [1.82, 2.24) is 0 Å².